The summed E-state index contributed by atoms with van der Waals surface area (Å²) in [7, 11) is 0. The standard InChI is InChI=1S/C13H14ClFN2O3/c14-10-7-8(1-2-11(10)15)12(18)16-9-3-5-17(6-4-9)13(19)20/h1-2,7,9H,3-6H2,(H,16,18)(H,19,20). The third kappa shape index (κ3) is 3.39. The molecule has 0 radical (unpaired) electrons. The molecule has 2 rings (SSSR count). The molecule has 0 saturated carbocycles. The first-order chi connectivity index (χ1) is 9.47. The predicted octanol–water partition coefficient (Wildman–Crippen LogP) is 2.35. The van der Waals surface area contributed by atoms with E-state index in [1.54, 1.807) is 0 Å². The van der Waals surface area contributed by atoms with Gasteiger partial charge in [-0.3, -0.25) is 4.79 Å². The molecule has 1 heterocycles. The van der Waals surface area contributed by atoms with Crippen LogP contribution in [-0.4, -0.2) is 41.1 Å². The Bertz CT molecular complexity index is 530. The van der Waals surface area contributed by atoms with Crippen molar-refractivity contribution < 1.29 is 19.1 Å². The minimum atomic E-state index is -0.944. The Balaban J connectivity index is 1.92. The first-order valence-electron chi connectivity index (χ1n) is 6.21. The van der Waals surface area contributed by atoms with Crippen LogP contribution in [0.15, 0.2) is 18.2 Å². The molecule has 2 N–H and O–H groups in total. The zero-order chi connectivity index (χ0) is 14.7. The Labute approximate surface area is 120 Å². The molecular weight excluding hydrogens is 287 g/mol. The SMILES string of the molecule is O=C(NC1CCN(C(=O)O)CC1)c1ccc(F)c(Cl)c1. The Hall–Kier alpha value is -1.82. The van der Waals surface area contributed by atoms with Crippen LogP contribution in [0.3, 0.4) is 0 Å². The van der Waals surface area contributed by atoms with Gasteiger partial charge in [0, 0.05) is 24.7 Å². The molecule has 0 unspecified atom stereocenters. The summed E-state index contributed by atoms with van der Waals surface area (Å²) in [6, 6.07) is 3.70. The fraction of sp³-hybridized carbons (Fsp3) is 0.385. The van der Waals surface area contributed by atoms with Crippen LogP contribution in [0.25, 0.3) is 0 Å². The van der Waals surface area contributed by atoms with Crippen molar-refractivity contribution >= 4 is 23.6 Å². The lowest BCUT2D eigenvalue weighted by Crippen LogP contribution is -2.46. The maximum atomic E-state index is 13.0. The molecule has 0 atom stereocenters. The highest BCUT2D eigenvalue weighted by Crippen LogP contribution is 2.17. The number of piperidine rings is 1. The smallest absolute Gasteiger partial charge is 0.407 e. The monoisotopic (exact) mass is 300 g/mol. The maximum Gasteiger partial charge on any atom is 0.407 e. The molecule has 1 aromatic carbocycles. The average Bonchev–Trinajstić information content (AvgIpc) is 2.42. The van der Waals surface area contributed by atoms with E-state index in [0.717, 1.165) is 6.07 Å². The second-order valence-electron chi connectivity index (χ2n) is 4.65. The number of likely N-dealkylation sites (tertiary alicyclic amines) is 1. The Kier molecular flexibility index (Phi) is 4.44. The van der Waals surface area contributed by atoms with Crippen molar-refractivity contribution in [3.63, 3.8) is 0 Å². The zero-order valence-electron chi connectivity index (χ0n) is 10.6. The van der Waals surface area contributed by atoms with Crippen LogP contribution in [0.5, 0.6) is 0 Å². The quantitative estimate of drug-likeness (QED) is 0.881. The van der Waals surface area contributed by atoms with Crippen molar-refractivity contribution in [1.29, 1.82) is 0 Å². The number of hydrogen-bond donors (Lipinski definition) is 2. The van der Waals surface area contributed by atoms with Crippen molar-refractivity contribution in [3.05, 3.63) is 34.6 Å². The molecule has 7 heteroatoms. The Morgan fingerprint density at radius 1 is 1.35 bits per heavy atom. The molecule has 0 bridgehead atoms. The molecule has 2 amide bonds. The van der Waals surface area contributed by atoms with E-state index < -0.39 is 11.9 Å². The number of carbonyl (C=O) groups is 2. The van der Waals surface area contributed by atoms with Gasteiger partial charge in [0.15, 0.2) is 0 Å². The summed E-state index contributed by atoms with van der Waals surface area (Å²) in [6.45, 7) is 0.787. The summed E-state index contributed by atoms with van der Waals surface area (Å²) in [5.41, 5.74) is 0.289. The van der Waals surface area contributed by atoms with E-state index in [1.165, 1.54) is 17.0 Å². The maximum absolute atomic E-state index is 13.0. The van der Waals surface area contributed by atoms with Crippen molar-refractivity contribution in [3.8, 4) is 0 Å². The third-order valence-electron chi connectivity index (χ3n) is 3.28. The molecule has 1 aliphatic rings. The van der Waals surface area contributed by atoms with Crippen LogP contribution >= 0.6 is 11.6 Å². The fourth-order valence-electron chi connectivity index (χ4n) is 2.12. The molecule has 5 nitrogen and oxygen atoms in total. The van der Waals surface area contributed by atoms with Crippen LogP contribution in [0, 0.1) is 5.82 Å². The molecule has 0 aliphatic carbocycles. The van der Waals surface area contributed by atoms with Crippen molar-refractivity contribution in [2.45, 2.75) is 18.9 Å². The van der Waals surface area contributed by atoms with Gasteiger partial charge in [-0.2, -0.15) is 0 Å². The number of rotatable bonds is 2. The molecule has 1 fully saturated rings. The molecule has 0 spiro atoms. The summed E-state index contributed by atoms with van der Waals surface area (Å²) in [5, 5.41) is 11.5. The van der Waals surface area contributed by atoms with E-state index in [0.29, 0.717) is 25.9 Å². The van der Waals surface area contributed by atoms with Crippen molar-refractivity contribution in [1.82, 2.24) is 10.2 Å². The molecule has 108 valence electrons. The second-order valence-corrected chi connectivity index (χ2v) is 5.05. The minimum absolute atomic E-state index is 0.0815. The molecule has 0 aromatic heterocycles. The number of nitrogens with zero attached hydrogens (tertiary/aromatic N) is 1. The number of amides is 2. The van der Waals surface area contributed by atoms with Gasteiger partial charge in [0.25, 0.3) is 5.91 Å². The average molecular weight is 301 g/mol. The molecule has 1 aromatic rings. The highest BCUT2D eigenvalue weighted by Gasteiger charge is 2.23. The summed E-state index contributed by atoms with van der Waals surface area (Å²) in [5.74, 6) is -0.904. The van der Waals surface area contributed by atoms with E-state index >= 15 is 0 Å². The van der Waals surface area contributed by atoms with Crippen LogP contribution in [0.4, 0.5) is 9.18 Å². The summed E-state index contributed by atoms with van der Waals surface area (Å²) < 4.78 is 13.0. The molecule has 1 saturated heterocycles. The highest BCUT2D eigenvalue weighted by atomic mass is 35.5. The number of carboxylic acid groups (broad SMARTS) is 1. The lowest BCUT2D eigenvalue weighted by Gasteiger charge is -2.30. The number of carbonyl (C=O) groups excluding carboxylic acids is 1. The van der Waals surface area contributed by atoms with Gasteiger partial charge in [-0.05, 0) is 31.0 Å². The summed E-state index contributed by atoms with van der Waals surface area (Å²) in [4.78, 5) is 24.0. The first kappa shape index (κ1) is 14.6. The lowest BCUT2D eigenvalue weighted by atomic mass is 10.0. The van der Waals surface area contributed by atoms with E-state index in [1.807, 2.05) is 0 Å². The van der Waals surface area contributed by atoms with Crippen molar-refractivity contribution in [2.24, 2.45) is 0 Å². The summed E-state index contributed by atoms with van der Waals surface area (Å²) in [6.07, 6.45) is 0.181. The fourth-order valence-corrected chi connectivity index (χ4v) is 2.30. The zero-order valence-corrected chi connectivity index (χ0v) is 11.4. The van der Waals surface area contributed by atoms with Crippen LogP contribution < -0.4 is 5.32 Å². The topological polar surface area (TPSA) is 69.6 Å². The van der Waals surface area contributed by atoms with E-state index in [9.17, 15) is 14.0 Å². The van der Waals surface area contributed by atoms with E-state index in [2.05, 4.69) is 5.32 Å². The van der Waals surface area contributed by atoms with E-state index in [4.69, 9.17) is 16.7 Å². The minimum Gasteiger partial charge on any atom is -0.465 e. The largest absolute Gasteiger partial charge is 0.465 e. The number of hydrogen-bond acceptors (Lipinski definition) is 2. The number of halogens is 2. The van der Waals surface area contributed by atoms with Gasteiger partial charge in [0.05, 0.1) is 5.02 Å². The number of benzene rings is 1. The van der Waals surface area contributed by atoms with Gasteiger partial charge in [-0.1, -0.05) is 11.6 Å². The van der Waals surface area contributed by atoms with Crippen LogP contribution in [0.1, 0.15) is 23.2 Å². The third-order valence-corrected chi connectivity index (χ3v) is 3.57. The Morgan fingerprint density at radius 2 is 2.00 bits per heavy atom. The van der Waals surface area contributed by atoms with Gasteiger partial charge in [0.2, 0.25) is 0 Å². The van der Waals surface area contributed by atoms with Crippen LogP contribution in [-0.2, 0) is 0 Å². The summed E-state index contributed by atoms with van der Waals surface area (Å²) >= 11 is 5.63. The van der Waals surface area contributed by atoms with Gasteiger partial charge >= 0.3 is 6.09 Å². The van der Waals surface area contributed by atoms with Gasteiger partial charge in [0.1, 0.15) is 5.82 Å². The first-order valence-corrected chi connectivity index (χ1v) is 6.59. The molecule has 20 heavy (non-hydrogen) atoms. The van der Waals surface area contributed by atoms with Crippen molar-refractivity contribution in [2.75, 3.05) is 13.1 Å². The van der Waals surface area contributed by atoms with Gasteiger partial charge in [-0.25, -0.2) is 9.18 Å². The van der Waals surface area contributed by atoms with Gasteiger partial charge < -0.3 is 15.3 Å². The van der Waals surface area contributed by atoms with Crippen LogP contribution in [0.2, 0.25) is 5.02 Å². The Morgan fingerprint density at radius 3 is 2.55 bits per heavy atom. The lowest BCUT2D eigenvalue weighted by molar-refractivity contribution is 0.0907. The molecule has 1 aliphatic heterocycles. The second kappa shape index (κ2) is 6.09. The highest BCUT2D eigenvalue weighted by molar-refractivity contribution is 6.31. The molecular formula is C13H14ClFN2O3. The normalized spacial score (nSPS) is 16.0. The van der Waals surface area contributed by atoms with E-state index in [-0.39, 0.29) is 22.5 Å². The number of nitrogens with one attached hydrogen (secondary N) is 1. The predicted molar refractivity (Wildman–Crippen MR) is 71.5 cm³/mol. The van der Waals surface area contributed by atoms with Gasteiger partial charge in [-0.15, -0.1) is 0 Å².